The Morgan fingerprint density at radius 1 is 1.25 bits per heavy atom. The molecule has 0 N–H and O–H groups in total. The Morgan fingerprint density at radius 3 is 2.33 bits per heavy atom. The molecule has 64 valence electrons. The molecule has 0 heterocycles. The summed E-state index contributed by atoms with van der Waals surface area (Å²) < 4.78 is 1.16. The summed E-state index contributed by atoms with van der Waals surface area (Å²) in [5.41, 5.74) is 3.14. The van der Waals surface area contributed by atoms with Crippen molar-refractivity contribution < 1.29 is 4.79 Å². The van der Waals surface area contributed by atoms with Crippen LogP contribution < -0.4 is 0 Å². The predicted molar refractivity (Wildman–Crippen MR) is 58.6 cm³/mol. The van der Waals surface area contributed by atoms with Crippen molar-refractivity contribution in [2.24, 2.45) is 0 Å². The number of Topliss-reactive ketones (excluding diaryl/α,β-unsaturated/α-hetero) is 1. The fraction of sp³-hybridized carbons (Fsp3) is 0.300. The lowest BCUT2D eigenvalue weighted by Gasteiger charge is -2.05. The Hall–Kier alpha value is -0.380. The van der Waals surface area contributed by atoms with E-state index in [0.717, 1.165) is 14.7 Å². The molecule has 0 spiro atoms. The molecule has 1 nitrogen and oxygen atoms in total. The number of benzene rings is 1. The SMILES string of the molecule is CC(=O)c1cc(I)c(C)cc1C. The Morgan fingerprint density at radius 2 is 1.83 bits per heavy atom. The fourth-order valence-corrected chi connectivity index (χ4v) is 1.67. The number of hydrogen-bond donors (Lipinski definition) is 0. The van der Waals surface area contributed by atoms with Crippen LogP contribution in [0, 0.1) is 17.4 Å². The first-order chi connectivity index (χ1) is 5.52. The maximum Gasteiger partial charge on any atom is 0.160 e. The van der Waals surface area contributed by atoms with E-state index in [0.29, 0.717) is 0 Å². The first kappa shape index (κ1) is 9.71. The molecule has 0 radical (unpaired) electrons. The monoisotopic (exact) mass is 274 g/mol. The van der Waals surface area contributed by atoms with Gasteiger partial charge in [-0.15, -0.1) is 0 Å². The molecule has 0 aliphatic heterocycles. The summed E-state index contributed by atoms with van der Waals surface area (Å²) in [5, 5.41) is 0. The van der Waals surface area contributed by atoms with Crippen LogP contribution in [0.4, 0.5) is 0 Å². The first-order valence-electron chi connectivity index (χ1n) is 3.80. The molecule has 0 saturated heterocycles. The Labute approximate surface area is 86.3 Å². The number of aryl methyl sites for hydroxylation is 2. The molecular formula is C10H11IO. The van der Waals surface area contributed by atoms with E-state index >= 15 is 0 Å². The molecular weight excluding hydrogens is 263 g/mol. The fourth-order valence-electron chi connectivity index (χ4n) is 1.21. The van der Waals surface area contributed by atoms with Crippen molar-refractivity contribution >= 4 is 28.4 Å². The molecule has 0 saturated carbocycles. The van der Waals surface area contributed by atoms with Gasteiger partial charge in [-0.25, -0.2) is 0 Å². The van der Waals surface area contributed by atoms with Crippen LogP contribution >= 0.6 is 22.6 Å². The molecule has 0 atom stereocenters. The van der Waals surface area contributed by atoms with Crippen molar-refractivity contribution in [3.63, 3.8) is 0 Å². The number of carbonyl (C=O) groups is 1. The van der Waals surface area contributed by atoms with Gasteiger partial charge in [-0.1, -0.05) is 6.07 Å². The van der Waals surface area contributed by atoms with E-state index in [1.807, 2.05) is 13.0 Å². The van der Waals surface area contributed by atoms with Crippen LogP contribution in [0.25, 0.3) is 0 Å². The number of ketones is 1. The van der Waals surface area contributed by atoms with Gasteiger partial charge in [0.25, 0.3) is 0 Å². The van der Waals surface area contributed by atoms with E-state index < -0.39 is 0 Å². The minimum atomic E-state index is 0.144. The van der Waals surface area contributed by atoms with E-state index in [4.69, 9.17) is 0 Å². The van der Waals surface area contributed by atoms with Crippen molar-refractivity contribution in [3.8, 4) is 0 Å². The highest BCUT2D eigenvalue weighted by atomic mass is 127. The van der Waals surface area contributed by atoms with Crippen LogP contribution in [0.2, 0.25) is 0 Å². The lowest BCUT2D eigenvalue weighted by molar-refractivity contribution is 0.101. The summed E-state index contributed by atoms with van der Waals surface area (Å²) >= 11 is 2.25. The van der Waals surface area contributed by atoms with Crippen LogP contribution in [0.3, 0.4) is 0 Å². The third-order valence-electron chi connectivity index (χ3n) is 1.88. The van der Waals surface area contributed by atoms with Gasteiger partial charge in [0.15, 0.2) is 5.78 Å². The topological polar surface area (TPSA) is 17.1 Å². The highest BCUT2D eigenvalue weighted by molar-refractivity contribution is 14.1. The van der Waals surface area contributed by atoms with Gasteiger partial charge >= 0.3 is 0 Å². The zero-order valence-corrected chi connectivity index (χ0v) is 9.60. The van der Waals surface area contributed by atoms with Crippen LogP contribution in [0.1, 0.15) is 28.4 Å². The zero-order chi connectivity index (χ0) is 9.30. The molecule has 1 rings (SSSR count). The summed E-state index contributed by atoms with van der Waals surface area (Å²) in [4.78, 5) is 11.1. The highest BCUT2D eigenvalue weighted by Gasteiger charge is 2.05. The van der Waals surface area contributed by atoms with Crippen molar-refractivity contribution in [1.82, 2.24) is 0 Å². The van der Waals surface area contributed by atoms with Crippen molar-refractivity contribution in [2.75, 3.05) is 0 Å². The first-order valence-corrected chi connectivity index (χ1v) is 4.88. The maximum atomic E-state index is 11.1. The smallest absolute Gasteiger partial charge is 0.160 e. The van der Waals surface area contributed by atoms with Crippen LogP contribution in [-0.4, -0.2) is 5.78 Å². The maximum absolute atomic E-state index is 11.1. The van der Waals surface area contributed by atoms with E-state index in [2.05, 4.69) is 35.6 Å². The second-order valence-corrected chi connectivity index (χ2v) is 4.13. The van der Waals surface area contributed by atoms with E-state index in [-0.39, 0.29) is 5.78 Å². The highest BCUT2D eigenvalue weighted by Crippen LogP contribution is 2.17. The van der Waals surface area contributed by atoms with Crippen LogP contribution in [0.15, 0.2) is 12.1 Å². The van der Waals surface area contributed by atoms with Crippen molar-refractivity contribution in [3.05, 3.63) is 32.4 Å². The molecule has 1 aromatic carbocycles. The number of carbonyl (C=O) groups excluding carboxylic acids is 1. The number of rotatable bonds is 1. The predicted octanol–water partition coefficient (Wildman–Crippen LogP) is 3.11. The number of hydrogen-bond acceptors (Lipinski definition) is 1. The molecule has 0 fully saturated rings. The summed E-state index contributed by atoms with van der Waals surface area (Å²) in [6.45, 7) is 5.63. The van der Waals surface area contributed by atoms with E-state index in [1.165, 1.54) is 5.56 Å². The third kappa shape index (κ3) is 1.86. The molecule has 1 aromatic rings. The van der Waals surface area contributed by atoms with Crippen molar-refractivity contribution in [1.29, 1.82) is 0 Å². The molecule has 0 amide bonds. The quantitative estimate of drug-likeness (QED) is 0.568. The Bertz CT molecular complexity index is 329. The van der Waals surface area contributed by atoms with Gasteiger partial charge in [0.2, 0.25) is 0 Å². The molecule has 0 aliphatic carbocycles. The van der Waals surface area contributed by atoms with Gasteiger partial charge in [0.1, 0.15) is 0 Å². The minimum absolute atomic E-state index is 0.144. The van der Waals surface area contributed by atoms with Gasteiger partial charge < -0.3 is 0 Å². The summed E-state index contributed by atoms with van der Waals surface area (Å²) in [6.07, 6.45) is 0. The second kappa shape index (κ2) is 3.56. The van der Waals surface area contributed by atoms with E-state index in [9.17, 15) is 4.79 Å². The van der Waals surface area contributed by atoms with Crippen LogP contribution in [0.5, 0.6) is 0 Å². The lowest BCUT2D eigenvalue weighted by Crippen LogP contribution is -1.97. The third-order valence-corrected chi connectivity index (χ3v) is 3.05. The Balaban J connectivity index is 3.33. The molecule has 0 aliphatic rings. The summed E-state index contributed by atoms with van der Waals surface area (Å²) in [5.74, 6) is 0.144. The van der Waals surface area contributed by atoms with E-state index in [1.54, 1.807) is 6.92 Å². The summed E-state index contributed by atoms with van der Waals surface area (Å²) in [7, 11) is 0. The van der Waals surface area contributed by atoms with Gasteiger partial charge in [0, 0.05) is 9.13 Å². The van der Waals surface area contributed by atoms with Crippen LogP contribution in [-0.2, 0) is 0 Å². The van der Waals surface area contributed by atoms with Gasteiger partial charge in [-0.2, -0.15) is 0 Å². The number of halogens is 1. The average Bonchev–Trinajstić information content (AvgIpc) is 1.96. The minimum Gasteiger partial charge on any atom is -0.295 e. The molecule has 2 heteroatoms. The lowest BCUT2D eigenvalue weighted by atomic mass is 10.0. The van der Waals surface area contributed by atoms with Crippen molar-refractivity contribution in [2.45, 2.75) is 20.8 Å². The zero-order valence-electron chi connectivity index (χ0n) is 7.44. The Kier molecular flexibility index (Phi) is 2.88. The standard InChI is InChI=1S/C10H11IO/c1-6-4-7(2)10(11)5-9(6)8(3)12/h4-5H,1-3H3. The summed E-state index contributed by atoms with van der Waals surface area (Å²) in [6, 6.07) is 4.01. The molecule has 0 bridgehead atoms. The largest absolute Gasteiger partial charge is 0.295 e. The normalized spacial score (nSPS) is 10.0. The molecule has 12 heavy (non-hydrogen) atoms. The average molecular weight is 274 g/mol. The molecule has 0 aromatic heterocycles. The van der Waals surface area contributed by atoms with Gasteiger partial charge in [-0.05, 0) is 60.6 Å². The molecule has 0 unspecified atom stereocenters. The second-order valence-electron chi connectivity index (χ2n) is 2.97. The van der Waals surface area contributed by atoms with Gasteiger partial charge in [0.05, 0.1) is 0 Å². The van der Waals surface area contributed by atoms with Gasteiger partial charge in [-0.3, -0.25) is 4.79 Å².